The molecule has 1 heterocycles. The fourth-order valence-electron chi connectivity index (χ4n) is 4.71. The fraction of sp³-hybridized carbons (Fsp3) is 0. The van der Waals surface area contributed by atoms with Crippen molar-refractivity contribution in [2.45, 2.75) is 0 Å². The van der Waals surface area contributed by atoms with E-state index >= 15 is 0 Å². The van der Waals surface area contributed by atoms with Gasteiger partial charge in [0, 0.05) is 16.5 Å². The van der Waals surface area contributed by atoms with Gasteiger partial charge in [-0.1, -0.05) is 91.0 Å². The Morgan fingerprint density at radius 3 is 1.76 bits per heavy atom. The van der Waals surface area contributed by atoms with Crippen LogP contribution in [0.25, 0.3) is 49.7 Å². The number of aromatic nitrogens is 1. The molecule has 34 heavy (non-hydrogen) atoms. The van der Waals surface area contributed by atoms with Crippen LogP contribution in [0.1, 0.15) is 0 Å². The molecule has 0 amide bonds. The van der Waals surface area contributed by atoms with Gasteiger partial charge in [-0.2, -0.15) is 0 Å². The summed E-state index contributed by atoms with van der Waals surface area (Å²) in [6.07, 6.45) is 0. The average molecular weight is 439 g/mol. The van der Waals surface area contributed by atoms with Gasteiger partial charge in [0.15, 0.2) is 0 Å². The van der Waals surface area contributed by atoms with Gasteiger partial charge in [-0.25, -0.2) is 0 Å². The zero-order valence-corrected chi connectivity index (χ0v) is 18.5. The topological polar surface area (TPSA) is 45.4 Å². The van der Waals surface area contributed by atoms with Crippen molar-refractivity contribution < 1.29 is 10.0 Å². The lowest BCUT2D eigenvalue weighted by Crippen LogP contribution is -2.29. The molecule has 0 fully saturated rings. The Labute approximate surface area is 198 Å². The average Bonchev–Trinajstić information content (AvgIpc) is 3.23. The van der Waals surface area contributed by atoms with Crippen molar-refractivity contribution >= 4 is 34.4 Å². The highest BCUT2D eigenvalue weighted by atomic mass is 16.4. The third kappa shape index (κ3) is 3.50. The molecule has 0 unspecified atom stereocenters. The third-order valence-corrected chi connectivity index (χ3v) is 6.45. The Morgan fingerprint density at radius 2 is 1.03 bits per heavy atom. The minimum absolute atomic E-state index is 0.486. The highest BCUT2D eigenvalue weighted by Crippen LogP contribution is 2.35. The van der Waals surface area contributed by atoms with Crippen molar-refractivity contribution in [1.29, 1.82) is 0 Å². The Bertz CT molecular complexity index is 1600. The first-order valence-corrected chi connectivity index (χ1v) is 11.3. The van der Waals surface area contributed by atoms with Crippen molar-refractivity contribution in [2.75, 3.05) is 0 Å². The van der Waals surface area contributed by atoms with E-state index in [0.29, 0.717) is 5.46 Å². The second-order valence-corrected chi connectivity index (χ2v) is 8.49. The zero-order chi connectivity index (χ0) is 23.1. The summed E-state index contributed by atoms with van der Waals surface area (Å²) < 4.78 is 2.31. The monoisotopic (exact) mass is 439 g/mol. The zero-order valence-electron chi connectivity index (χ0n) is 18.5. The standard InChI is InChI=1S/C30H22BNO2/c33-31(34)25-15-10-23(11-16-25)24-14-19-30-28(20-24)27-8-4-5-9-29(27)32(30)26-17-12-22(13-18-26)21-6-2-1-3-7-21/h1-20,33-34H. The van der Waals surface area contributed by atoms with E-state index in [4.69, 9.17) is 0 Å². The van der Waals surface area contributed by atoms with Crippen molar-refractivity contribution in [2.24, 2.45) is 0 Å². The molecule has 0 atom stereocenters. The van der Waals surface area contributed by atoms with E-state index in [9.17, 15) is 10.0 Å². The molecule has 0 saturated carbocycles. The largest absolute Gasteiger partial charge is 0.488 e. The van der Waals surface area contributed by atoms with Crippen molar-refractivity contribution in [3.8, 4) is 27.9 Å². The van der Waals surface area contributed by atoms with E-state index in [1.165, 1.54) is 27.4 Å². The maximum absolute atomic E-state index is 9.39. The fourth-order valence-corrected chi connectivity index (χ4v) is 4.71. The van der Waals surface area contributed by atoms with E-state index < -0.39 is 7.12 Å². The van der Waals surface area contributed by atoms with Gasteiger partial charge in [-0.05, 0) is 58.0 Å². The molecule has 2 N–H and O–H groups in total. The molecule has 6 aromatic rings. The van der Waals surface area contributed by atoms with E-state index in [0.717, 1.165) is 22.3 Å². The minimum atomic E-state index is -1.46. The molecule has 0 spiro atoms. The maximum Gasteiger partial charge on any atom is 0.488 e. The highest BCUT2D eigenvalue weighted by molar-refractivity contribution is 6.58. The summed E-state index contributed by atoms with van der Waals surface area (Å²) >= 11 is 0. The van der Waals surface area contributed by atoms with Gasteiger partial charge in [0.1, 0.15) is 0 Å². The maximum atomic E-state index is 9.39. The normalized spacial score (nSPS) is 11.2. The number of benzene rings is 5. The van der Waals surface area contributed by atoms with E-state index in [1.807, 2.05) is 18.2 Å². The number of nitrogens with zero attached hydrogens (tertiary/aromatic N) is 1. The molecule has 0 aliphatic carbocycles. The van der Waals surface area contributed by atoms with Crippen molar-refractivity contribution in [3.05, 3.63) is 121 Å². The Balaban J connectivity index is 1.48. The van der Waals surface area contributed by atoms with Gasteiger partial charge in [0.05, 0.1) is 11.0 Å². The van der Waals surface area contributed by atoms with Crippen LogP contribution >= 0.6 is 0 Å². The summed E-state index contributed by atoms with van der Waals surface area (Å²) in [6.45, 7) is 0. The minimum Gasteiger partial charge on any atom is -0.423 e. The van der Waals surface area contributed by atoms with Crippen LogP contribution in [0.15, 0.2) is 121 Å². The predicted octanol–water partition coefficient (Wildman–Crippen LogP) is 5.80. The Morgan fingerprint density at radius 1 is 0.471 bits per heavy atom. The number of hydrogen-bond donors (Lipinski definition) is 2. The van der Waals surface area contributed by atoms with Crippen LogP contribution < -0.4 is 5.46 Å². The number of rotatable bonds is 4. The lowest BCUT2D eigenvalue weighted by molar-refractivity contribution is 0.426. The molecule has 162 valence electrons. The summed E-state index contributed by atoms with van der Waals surface area (Å²) in [4.78, 5) is 0. The second-order valence-electron chi connectivity index (χ2n) is 8.49. The summed E-state index contributed by atoms with van der Waals surface area (Å²) in [5, 5.41) is 21.2. The van der Waals surface area contributed by atoms with Crippen LogP contribution in [-0.4, -0.2) is 21.7 Å². The molecule has 0 bridgehead atoms. The molecule has 0 radical (unpaired) electrons. The smallest absolute Gasteiger partial charge is 0.423 e. The van der Waals surface area contributed by atoms with E-state index in [-0.39, 0.29) is 0 Å². The molecule has 0 aliphatic rings. The first-order chi connectivity index (χ1) is 16.7. The van der Waals surface area contributed by atoms with Gasteiger partial charge >= 0.3 is 7.12 Å². The van der Waals surface area contributed by atoms with Gasteiger partial charge in [0.25, 0.3) is 0 Å². The van der Waals surface area contributed by atoms with Crippen LogP contribution in [0, 0.1) is 0 Å². The summed E-state index contributed by atoms with van der Waals surface area (Å²) in [5.74, 6) is 0. The lowest BCUT2D eigenvalue weighted by atomic mass is 9.80. The summed E-state index contributed by atoms with van der Waals surface area (Å²) in [7, 11) is -1.46. The molecule has 0 aliphatic heterocycles. The van der Waals surface area contributed by atoms with Crippen LogP contribution in [0.5, 0.6) is 0 Å². The molecular weight excluding hydrogens is 417 g/mol. The molecule has 6 rings (SSSR count). The van der Waals surface area contributed by atoms with Gasteiger partial charge in [0.2, 0.25) is 0 Å². The van der Waals surface area contributed by atoms with E-state index in [2.05, 4.69) is 95.6 Å². The van der Waals surface area contributed by atoms with Crippen LogP contribution in [0.4, 0.5) is 0 Å². The Hall–Kier alpha value is -4.12. The summed E-state index contributed by atoms with van der Waals surface area (Å²) in [6, 6.07) is 41.5. The van der Waals surface area contributed by atoms with Crippen LogP contribution in [0.3, 0.4) is 0 Å². The number of hydrogen-bond acceptors (Lipinski definition) is 2. The van der Waals surface area contributed by atoms with Crippen molar-refractivity contribution in [3.63, 3.8) is 0 Å². The first-order valence-electron chi connectivity index (χ1n) is 11.3. The molecule has 0 saturated heterocycles. The molecule has 5 aromatic carbocycles. The van der Waals surface area contributed by atoms with Crippen LogP contribution in [0.2, 0.25) is 0 Å². The molecule has 4 heteroatoms. The van der Waals surface area contributed by atoms with E-state index in [1.54, 1.807) is 12.1 Å². The quantitative estimate of drug-likeness (QED) is 0.341. The number of para-hydroxylation sites is 1. The number of fused-ring (bicyclic) bond motifs is 3. The second kappa shape index (κ2) is 8.34. The predicted molar refractivity (Wildman–Crippen MR) is 141 cm³/mol. The SMILES string of the molecule is OB(O)c1ccc(-c2ccc3c(c2)c2ccccc2n3-c2ccc(-c3ccccc3)cc2)cc1. The highest BCUT2D eigenvalue weighted by Gasteiger charge is 2.14. The third-order valence-electron chi connectivity index (χ3n) is 6.45. The van der Waals surface area contributed by atoms with Gasteiger partial charge < -0.3 is 14.6 Å². The summed E-state index contributed by atoms with van der Waals surface area (Å²) in [5.41, 5.74) is 8.47. The first kappa shape index (κ1) is 20.5. The van der Waals surface area contributed by atoms with Crippen molar-refractivity contribution in [1.82, 2.24) is 4.57 Å². The lowest BCUT2D eigenvalue weighted by Gasteiger charge is -2.10. The van der Waals surface area contributed by atoms with Crippen LogP contribution in [-0.2, 0) is 0 Å². The molecule has 3 nitrogen and oxygen atoms in total. The molecular formula is C30H22BNO2. The van der Waals surface area contributed by atoms with Gasteiger partial charge in [-0.3, -0.25) is 0 Å². The molecule has 1 aromatic heterocycles. The Kier molecular flexibility index (Phi) is 5.03. The van der Waals surface area contributed by atoms with Gasteiger partial charge in [-0.15, -0.1) is 0 Å².